The van der Waals surface area contributed by atoms with Crippen molar-refractivity contribution in [3.63, 3.8) is 0 Å². The van der Waals surface area contributed by atoms with Gasteiger partial charge >= 0.3 is 0 Å². The monoisotopic (exact) mass is 264 g/mol. The Morgan fingerprint density at radius 3 is 2.78 bits per heavy atom. The van der Waals surface area contributed by atoms with Crippen LogP contribution in [0.4, 0.5) is 0 Å². The largest absolute Gasteiger partial charge is 0.263 e. The van der Waals surface area contributed by atoms with Crippen LogP contribution in [0.1, 0.15) is 32.3 Å². The van der Waals surface area contributed by atoms with E-state index in [1.54, 1.807) is 6.20 Å². The number of hydrogen-bond acceptors (Lipinski definition) is 3. The first-order chi connectivity index (χ1) is 8.77. The van der Waals surface area contributed by atoms with Gasteiger partial charge in [-0.3, -0.25) is 4.68 Å². The van der Waals surface area contributed by atoms with Gasteiger partial charge in [0.1, 0.15) is 11.5 Å². The molecule has 0 saturated heterocycles. The third kappa shape index (κ3) is 2.53. The van der Waals surface area contributed by atoms with Gasteiger partial charge in [-0.25, -0.2) is 9.97 Å². The third-order valence-corrected chi connectivity index (χ3v) is 3.11. The molecular formula is C13H17ClN4. The van der Waals surface area contributed by atoms with E-state index in [0.29, 0.717) is 5.15 Å². The van der Waals surface area contributed by atoms with Gasteiger partial charge < -0.3 is 0 Å². The van der Waals surface area contributed by atoms with Crippen LogP contribution in [0.15, 0.2) is 18.6 Å². The molecule has 2 rings (SSSR count). The number of hydrogen-bond donors (Lipinski definition) is 0. The molecule has 2 heterocycles. The zero-order chi connectivity index (χ0) is 13.0. The summed E-state index contributed by atoms with van der Waals surface area (Å²) in [5.74, 6) is 0. The zero-order valence-electron chi connectivity index (χ0n) is 10.7. The fraction of sp³-hybridized carbons (Fsp3) is 0.462. The topological polar surface area (TPSA) is 43.6 Å². The fourth-order valence-electron chi connectivity index (χ4n) is 2.01. The van der Waals surface area contributed by atoms with Gasteiger partial charge in [-0.1, -0.05) is 31.9 Å². The zero-order valence-corrected chi connectivity index (χ0v) is 11.5. The Morgan fingerprint density at radius 1 is 1.22 bits per heavy atom. The molecule has 96 valence electrons. The molecule has 0 N–H and O–H groups in total. The van der Waals surface area contributed by atoms with Gasteiger partial charge in [-0.15, -0.1) is 0 Å². The summed E-state index contributed by atoms with van der Waals surface area (Å²) in [7, 11) is 0. The van der Waals surface area contributed by atoms with Crippen molar-refractivity contribution in [3.8, 4) is 11.4 Å². The van der Waals surface area contributed by atoms with Gasteiger partial charge in [0.05, 0.1) is 11.4 Å². The molecule has 0 unspecified atom stereocenters. The summed E-state index contributed by atoms with van der Waals surface area (Å²) in [5, 5.41) is 4.87. The van der Waals surface area contributed by atoms with Crippen LogP contribution in [0, 0.1) is 0 Å². The minimum atomic E-state index is 0.547. The van der Waals surface area contributed by atoms with Crippen LogP contribution in [-0.4, -0.2) is 19.7 Å². The maximum absolute atomic E-state index is 6.17. The standard InChI is InChI=1S/C13H17ClN4/c1-3-5-10-12(15-9-16-13(10)14)11-6-7-17-18(11)8-4-2/h6-7,9H,3-5,8H2,1-2H3. The average molecular weight is 265 g/mol. The van der Waals surface area contributed by atoms with E-state index in [1.807, 2.05) is 10.7 Å². The van der Waals surface area contributed by atoms with Gasteiger partial charge in [0.15, 0.2) is 0 Å². The van der Waals surface area contributed by atoms with Crippen LogP contribution in [0.5, 0.6) is 0 Å². The first-order valence-electron chi connectivity index (χ1n) is 6.29. The van der Waals surface area contributed by atoms with Crippen molar-refractivity contribution in [2.75, 3.05) is 0 Å². The molecule has 2 aromatic rings. The minimum Gasteiger partial charge on any atom is -0.263 e. The average Bonchev–Trinajstić information content (AvgIpc) is 2.81. The summed E-state index contributed by atoms with van der Waals surface area (Å²) in [4.78, 5) is 8.46. The van der Waals surface area contributed by atoms with E-state index >= 15 is 0 Å². The van der Waals surface area contributed by atoms with Crippen LogP contribution < -0.4 is 0 Å². The van der Waals surface area contributed by atoms with Gasteiger partial charge in [-0.05, 0) is 18.9 Å². The number of halogens is 1. The van der Waals surface area contributed by atoms with Crippen LogP contribution in [0.25, 0.3) is 11.4 Å². The summed E-state index contributed by atoms with van der Waals surface area (Å²) in [6, 6.07) is 1.98. The normalized spacial score (nSPS) is 10.8. The van der Waals surface area contributed by atoms with Crippen molar-refractivity contribution < 1.29 is 0 Å². The van der Waals surface area contributed by atoms with Crippen LogP contribution in [0.3, 0.4) is 0 Å². The summed E-state index contributed by atoms with van der Waals surface area (Å²) < 4.78 is 1.97. The van der Waals surface area contributed by atoms with E-state index in [2.05, 4.69) is 28.9 Å². The van der Waals surface area contributed by atoms with Crippen molar-refractivity contribution in [1.29, 1.82) is 0 Å². The minimum absolute atomic E-state index is 0.547. The predicted molar refractivity (Wildman–Crippen MR) is 72.5 cm³/mol. The molecule has 0 aliphatic heterocycles. The number of rotatable bonds is 5. The molecule has 0 radical (unpaired) electrons. The van der Waals surface area contributed by atoms with E-state index in [-0.39, 0.29) is 0 Å². The number of nitrogens with zero attached hydrogens (tertiary/aromatic N) is 4. The second kappa shape index (κ2) is 5.96. The molecule has 0 spiro atoms. The molecule has 0 aliphatic carbocycles. The number of aromatic nitrogens is 4. The quantitative estimate of drug-likeness (QED) is 0.778. The maximum atomic E-state index is 6.17. The summed E-state index contributed by atoms with van der Waals surface area (Å²) in [6.07, 6.45) is 6.25. The molecule has 0 saturated carbocycles. The molecule has 4 nitrogen and oxygen atoms in total. The van der Waals surface area contributed by atoms with E-state index in [0.717, 1.165) is 42.8 Å². The van der Waals surface area contributed by atoms with Crippen molar-refractivity contribution in [3.05, 3.63) is 29.3 Å². The third-order valence-electron chi connectivity index (χ3n) is 2.79. The lowest BCUT2D eigenvalue weighted by Gasteiger charge is -2.10. The Hall–Kier alpha value is -1.42. The van der Waals surface area contributed by atoms with Crippen LogP contribution >= 0.6 is 11.6 Å². The smallest absolute Gasteiger partial charge is 0.136 e. The molecule has 0 bridgehead atoms. The highest BCUT2D eigenvalue weighted by molar-refractivity contribution is 6.30. The van der Waals surface area contributed by atoms with E-state index in [9.17, 15) is 0 Å². The Balaban J connectivity index is 2.49. The molecule has 2 aromatic heterocycles. The van der Waals surface area contributed by atoms with Gasteiger partial charge in [-0.2, -0.15) is 5.10 Å². The Labute approximate surface area is 112 Å². The molecule has 5 heteroatoms. The lowest BCUT2D eigenvalue weighted by atomic mass is 10.1. The second-order valence-electron chi connectivity index (χ2n) is 4.18. The first-order valence-corrected chi connectivity index (χ1v) is 6.67. The Morgan fingerprint density at radius 2 is 2.06 bits per heavy atom. The fourth-order valence-corrected chi connectivity index (χ4v) is 2.23. The summed E-state index contributed by atoms with van der Waals surface area (Å²) in [6.45, 7) is 5.14. The number of aryl methyl sites for hydroxylation is 1. The Kier molecular flexibility index (Phi) is 4.31. The van der Waals surface area contributed by atoms with Gasteiger partial charge in [0.2, 0.25) is 0 Å². The molecular weight excluding hydrogens is 248 g/mol. The molecule has 0 atom stereocenters. The second-order valence-corrected chi connectivity index (χ2v) is 4.54. The van der Waals surface area contributed by atoms with E-state index < -0.39 is 0 Å². The van der Waals surface area contributed by atoms with Crippen LogP contribution in [-0.2, 0) is 13.0 Å². The lowest BCUT2D eigenvalue weighted by Crippen LogP contribution is -2.05. The van der Waals surface area contributed by atoms with Crippen molar-refractivity contribution in [1.82, 2.24) is 19.7 Å². The van der Waals surface area contributed by atoms with Crippen LogP contribution in [0.2, 0.25) is 5.15 Å². The summed E-state index contributed by atoms with van der Waals surface area (Å²) >= 11 is 6.17. The van der Waals surface area contributed by atoms with Crippen molar-refractivity contribution in [2.45, 2.75) is 39.7 Å². The highest BCUT2D eigenvalue weighted by Gasteiger charge is 2.14. The highest BCUT2D eigenvalue weighted by atomic mass is 35.5. The Bertz CT molecular complexity index is 521. The predicted octanol–water partition coefficient (Wildman–Crippen LogP) is 3.36. The highest BCUT2D eigenvalue weighted by Crippen LogP contribution is 2.26. The summed E-state index contributed by atoms with van der Waals surface area (Å²) in [5.41, 5.74) is 2.94. The van der Waals surface area contributed by atoms with E-state index in [4.69, 9.17) is 11.6 Å². The van der Waals surface area contributed by atoms with Crippen molar-refractivity contribution >= 4 is 11.6 Å². The first kappa shape index (κ1) is 13.0. The molecule has 0 aromatic carbocycles. The molecule has 0 aliphatic rings. The maximum Gasteiger partial charge on any atom is 0.136 e. The molecule has 0 amide bonds. The molecule has 18 heavy (non-hydrogen) atoms. The van der Waals surface area contributed by atoms with E-state index in [1.165, 1.54) is 6.33 Å². The molecule has 0 fully saturated rings. The van der Waals surface area contributed by atoms with Crippen molar-refractivity contribution in [2.24, 2.45) is 0 Å². The van der Waals surface area contributed by atoms with Gasteiger partial charge in [0.25, 0.3) is 0 Å². The lowest BCUT2D eigenvalue weighted by molar-refractivity contribution is 0.607. The SMILES string of the molecule is CCCc1c(Cl)ncnc1-c1ccnn1CCC. The van der Waals surface area contributed by atoms with Gasteiger partial charge in [0, 0.05) is 18.3 Å².